The van der Waals surface area contributed by atoms with E-state index in [1.54, 1.807) is 0 Å². The maximum Gasteiger partial charge on any atom is 0 e. The molecule has 0 saturated carbocycles. The summed E-state index contributed by atoms with van der Waals surface area (Å²) >= 11 is 0. The molecule has 0 fully saturated rings. The van der Waals surface area contributed by atoms with E-state index < -0.39 is 0 Å². The van der Waals surface area contributed by atoms with E-state index in [4.69, 9.17) is 0 Å². The molecule has 0 aliphatic heterocycles. The van der Waals surface area contributed by atoms with Crippen LogP contribution in [0.1, 0.15) is 70.2 Å². The summed E-state index contributed by atoms with van der Waals surface area (Å²) in [5.74, 6) is 0. The zero-order valence-electron chi connectivity index (χ0n) is 22.8. The second-order valence-corrected chi connectivity index (χ2v) is 6.54. The van der Waals surface area contributed by atoms with Gasteiger partial charge in [-0.25, -0.2) is 0 Å². The average molecular weight is 833 g/mol. The standard InChI is InChI=1S/C20H14.C3H8.2C2H6.2CH3.5Y/c1-3-7-17-13(5-1)9-15-11-16-10-14-6-2-4-8-18(14)20(16)12-19(15)17;1-3-2;2*1-2;;;;;;;/h1-8,11-12H,9-10H2;3H2,1-2H3;2*1-2H3;2*1H3;;;;;/q;;;;2*-1;;;;;. The summed E-state index contributed by atoms with van der Waals surface area (Å²) in [5.41, 5.74) is 11.7. The predicted octanol–water partition coefficient (Wildman–Crippen LogP) is 9.19. The Morgan fingerprint density at radius 1 is 0.471 bits per heavy atom. The molecular formula is C29H40Y5-2. The fraction of sp³-hybridized carbons (Fsp3) is 0.310. The van der Waals surface area contributed by atoms with Crippen LogP contribution in [0.25, 0.3) is 22.3 Å². The number of hydrogen-bond donors (Lipinski definition) is 0. The van der Waals surface area contributed by atoms with Crippen molar-refractivity contribution < 1.29 is 164 Å². The largest absolute Gasteiger partial charge is 0.358 e. The van der Waals surface area contributed by atoms with Crippen molar-refractivity contribution in [3.8, 4) is 22.3 Å². The van der Waals surface area contributed by atoms with E-state index in [1.165, 1.54) is 50.9 Å². The van der Waals surface area contributed by atoms with Crippen LogP contribution >= 0.6 is 0 Å². The zero-order chi connectivity index (χ0) is 19.8. The van der Waals surface area contributed by atoms with Crippen molar-refractivity contribution in [3.05, 3.63) is 97.8 Å². The molecule has 0 nitrogen and oxygen atoms in total. The maximum atomic E-state index is 2.44. The SMILES string of the molecule is CC.CC.CCC.[CH3-].[CH3-].[Y].[Y].[Y].[Y].[Y].c1ccc2c(c1)Cc1cc3c(cc1-2)-c1ccccc1C3. The first-order valence-corrected chi connectivity index (χ1v) is 10.6. The van der Waals surface area contributed by atoms with Crippen LogP contribution in [0.4, 0.5) is 0 Å². The molecule has 34 heavy (non-hydrogen) atoms. The van der Waals surface area contributed by atoms with E-state index in [2.05, 4.69) is 74.5 Å². The van der Waals surface area contributed by atoms with Gasteiger partial charge in [-0.3, -0.25) is 0 Å². The van der Waals surface area contributed by atoms with Gasteiger partial charge in [-0.05, 0) is 63.4 Å². The van der Waals surface area contributed by atoms with Gasteiger partial charge in [0.1, 0.15) is 0 Å². The van der Waals surface area contributed by atoms with Crippen molar-refractivity contribution in [2.24, 2.45) is 0 Å². The van der Waals surface area contributed by atoms with Crippen molar-refractivity contribution in [1.29, 1.82) is 0 Å². The van der Waals surface area contributed by atoms with Crippen LogP contribution in [0.2, 0.25) is 0 Å². The minimum absolute atomic E-state index is 0. The summed E-state index contributed by atoms with van der Waals surface area (Å²) in [5, 5.41) is 0. The molecule has 0 N–H and O–H groups in total. The molecule has 0 heterocycles. The number of benzene rings is 3. The summed E-state index contributed by atoms with van der Waals surface area (Å²) < 4.78 is 0. The summed E-state index contributed by atoms with van der Waals surface area (Å²) in [6.45, 7) is 12.2. The molecular weight excluding hydrogens is 793 g/mol. The van der Waals surface area contributed by atoms with Crippen LogP contribution in [0, 0.1) is 14.9 Å². The molecule has 0 bridgehead atoms. The van der Waals surface area contributed by atoms with Gasteiger partial charge in [-0.15, -0.1) is 0 Å². The molecule has 5 heteroatoms. The maximum absolute atomic E-state index is 2.44. The number of rotatable bonds is 0. The molecule has 0 amide bonds. The van der Waals surface area contributed by atoms with E-state index in [1.807, 2.05) is 27.7 Å². The minimum Gasteiger partial charge on any atom is -0.358 e. The Labute approximate surface area is 337 Å². The van der Waals surface area contributed by atoms with Gasteiger partial charge in [0.15, 0.2) is 0 Å². The van der Waals surface area contributed by atoms with Crippen LogP contribution in [0.3, 0.4) is 0 Å². The molecule has 3 aromatic rings. The molecule has 0 atom stereocenters. The summed E-state index contributed by atoms with van der Waals surface area (Å²) in [4.78, 5) is 0. The number of hydrogen-bond acceptors (Lipinski definition) is 0. The third kappa shape index (κ3) is 12.6. The zero-order valence-corrected chi connectivity index (χ0v) is 37.0. The van der Waals surface area contributed by atoms with Crippen LogP contribution in [-0.4, -0.2) is 0 Å². The van der Waals surface area contributed by atoms with Gasteiger partial charge in [0, 0.05) is 164 Å². The fourth-order valence-electron chi connectivity index (χ4n) is 3.77. The molecule has 0 spiro atoms. The van der Waals surface area contributed by atoms with Crippen molar-refractivity contribution in [3.63, 3.8) is 0 Å². The van der Waals surface area contributed by atoms with E-state index in [0.717, 1.165) is 12.8 Å². The first kappa shape index (κ1) is 50.1. The Kier molecular flexibility index (Phi) is 40.8. The Morgan fingerprint density at radius 3 is 1.09 bits per heavy atom. The van der Waals surface area contributed by atoms with Crippen LogP contribution < -0.4 is 0 Å². The average Bonchev–Trinajstić information content (AvgIpc) is 3.27. The monoisotopic (exact) mass is 833 g/mol. The van der Waals surface area contributed by atoms with Crippen LogP contribution in [-0.2, 0) is 176 Å². The molecule has 173 valence electrons. The van der Waals surface area contributed by atoms with Crippen LogP contribution in [0.15, 0.2) is 60.7 Å². The fourth-order valence-corrected chi connectivity index (χ4v) is 3.77. The molecule has 2 aliphatic carbocycles. The van der Waals surface area contributed by atoms with E-state index in [0.29, 0.717) is 0 Å². The third-order valence-corrected chi connectivity index (χ3v) is 4.71. The molecule has 5 rings (SSSR count). The van der Waals surface area contributed by atoms with Gasteiger partial charge >= 0.3 is 0 Å². The van der Waals surface area contributed by atoms with Crippen LogP contribution in [0.5, 0.6) is 0 Å². The third-order valence-electron chi connectivity index (χ3n) is 4.71. The van der Waals surface area contributed by atoms with Crippen molar-refractivity contribution in [2.75, 3.05) is 0 Å². The van der Waals surface area contributed by atoms with E-state index >= 15 is 0 Å². The first-order valence-electron chi connectivity index (χ1n) is 10.6. The van der Waals surface area contributed by atoms with Gasteiger partial charge in [-0.1, -0.05) is 103 Å². The van der Waals surface area contributed by atoms with Crippen molar-refractivity contribution >= 4 is 0 Å². The van der Waals surface area contributed by atoms with Crippen molar-refractivity contribution in [1.82, 2.24) is 0 Å². The second kappa shape index (κ2) is 27.7. The summed E-state index contributed by atoms with van der Waals surface area (Å²) in [7, 11) is 0. The van der Waals surface area contributed by atoms with Gasteiger partial charge in [0.25, 0.3) is 0 Å². The normalized spacial score (nSPS) is 8.88. The molecule has 0 saturated heterocycles. The Balaban J connectivity index is -0.000000129. The van der Waals surface area contributed by atoms with Gasteiger partial charge in [0.05, 0.1) is 0 Å². The topological polar surface area (TPSA) is 0 Å². The van der Waals surface area contributed by atoms with Gasteiger partial charge in [-0.2, -0.15) is 0 Å². The smallest absolute Gasteiger partial charge is 0 e. The minimum atomic E-state index is 0. The van der Waals surface area contributed by atoms with E-state index in [-0.39, 0.29) is 178 Å². The molecule has 0 aromatic heterocycles. The second-order valence-electron chi connectivity index (χ2n) is 6.54. The summed E-state index contributed by atoms with van der Waals surface area (Å²) in [6.07, 6.45) is 3.43. The Hall–Kier alpha value is 3.18. The van der Waals surface area contributed by atoms with E-state index in [9.17, 15) is 0 Å². The quantitative estimate of drug-likeness (QED) is 0.137. The summed E-state index contributed by atoms with van der Waals surface area (Å²) in [6, 6.07) is 22.5. The number of fused-ring (bicyclic) bond motifs is 6. The molecule has 0 unspecified atom stereocenters. The predicted molar refractivity (Wildman–Crippen MR) is 134 cm³/mol. The van der Waals surface area contributed by atoms with Crippen molar-refractivity contribution in [2.45, 2.75) is 60.8 Å². The first-order chi connectivity index (χ1) is 13.3. The van der Waals surface area contributed by atoms with Gasteiger partial charge < -0.3 is 14.9 Å². The Bertz CT molecular complexity index is 823. The van der Waals surface area contributed by atoms with Gasteiger partial charge in [0.2, 0.25) is 0 Å². The Morgan fingerprint density at radius 2 is 0.765 bits per heavy atom. The molecule has 2 aliphatic rings. The molecule has 3 aromatic carbocycles. The molecule has 5 radical (unpaired) electrons.